The minimum atomic E-state index is -0.688. The number of nitrogens with one attached hydrogen (secondary N) is 1. The first-order valence-electron chi connectivity index (χ1n) is 7.22. The van der Waals surface area contributed by atoms with Gasteiger partial charge in [-0.25, -0.2) is 9.18 Å². The second-order valence-corrected chi connectivity index (χ2v) is 5.04. The van der Waals surface area contributed by atoms with Crippen LogP contribution in [0.2, 0.25) is 0 Å². The first-order chi connectivity index (χ1) is 10.1. The lowest BCUT2D eigenvalue weighted by Crippen LogP contribution is -2.37. The summed E-state index contributed by atoms with van der Waals surface area (Å²) in [7, 11) is 0. The zero-order chi connectivity index (χ0) is 15.2. The van der Waals surface area contributed by atoms with Crippen LogP contribution >= 0.6 is 0 Å². The second kappa shape index (κ2) is 7.38. The maximum absolute atomic E-state index is 13.5. The number of carbonyl (C=O) groups excluding carboxylic acids is 1. The standard InChI is InChI=1S/C15H21FN2O3/c1-2-21-15(20)14(18-6-3-4-17-5-7-18)11-8-12(16)10-13(19)9-11/h8-10,14,17,19H,2-7H2,1H3. The molecule has 116 valence electrons. The molecule has 5 nitrogen and oxygen atoms in total. The highest BCUT2D eigenvalue weighted by molar-refractivity contribution is 5.78. The molecule has 1 saturated heterocycles. The summed E-state index contributed by atoms with van der Waals surface area (Å²) in [6.07, 6.45) is 0.900. The van der Waals surface area contributed by atoms with Crippen LogP contribution in [0.15, 0.2) is 18.2 Å². The summed E-state index contributed by atoms with van der Waals surface area (Å²) >= 11 is 0. The number of nitrogens with zero attached hydrogens (tertiary/aromatic N) is 1. The molecule has 0 amide bonds. The number of carbonyl (C=O) groups is 1. The fraction of sp³-hybridized carbons (Fsp3) is 0.533. The molecule has 1 heterocycles. The highest BCUT2D eigenvalue weighted by atomic mass is 19.1. The number of benzene rings is 1. The third-order valence-electron chi connectivity index (χ3n) is 3.47. The van der Waals surface area contributed by atoms with Crippen molar-refractivity contribution in [2.24, 2.45) is 0 Å². The van der Waals surface area contributed by atoms with Crippen LogP contribution in [0.25, 0.3) is 0 Å². The van der Waals surface area contributed by atoms with Gasteiger partial charge in [-0.2, -0.15) is 0 Å². The SMILES string of the molecule is CCOC(=O)C(c1cc(O)cc(F)c1)N1CCCNCC1. The number of aromatic hydroxyl groups is 1. The molecule has 21 heavy (non-hydrogen) atoms. The van der Waals surface area contributed by atoms with E-state index in [4.69, 9.17) is 4.74 Å². The monoisotopic (exact) mass is 296 g/mol. The number of phenolic OH excluding ortho intramolecular Hbond substituents is 1. The molecule has 1 unspecified atom stereocenters. The Kier molecular flexibility index (Phi) is 5.52. The molecular weight excluding hydrogens is 275 g/mol. The lowest BCUT2D eigenvalue weighted by molar-refractivity contribution is -0.149. The molecule has 0 aromatic heterocycles. The lowest BCUT2D eigenvalue weighted by Gasteiger charge is -2.29. The van der Waals surface area contributed by atoms with Crippen LogP contribution in [0.5, 0.6) is 5.75 Å². The minimum Gasteiger partial charge on any atom is -0.508 e. The van der Waals surface area contributed by atoms with Gasteiger partial charge in [0, 0.05) is 25.7 Å². The number of esters is 1. The van der Waals surface area contributed by atoms with E-state index in [1.807, 2.05) is 4.90 Å². The lowest BCUT2D eigenvalue weighted by atomic mass is 10.0. The minimum absolute atomic E-state index is 0.188. The van der Waals surface area contributed by atoms with Gasteiger partial charge in [0.1, 0.15) is 17.6 Å². The Labute approximate surface area is 123 Å². The van der Waals surface area contributed by atoms with Gasteiger partial charge < -0.3 is 15.2 Å². The normalized spacial score (nSPS) is 18.0. The predicted molar refractivity (Wildman–Crippen MR) is 76.5 cm³/mol. The summed E-state index contributed by atoms with van der Waals surface area (Å²) in [4.78, 5) is 14.3. The molecule has 1 aromatic carbocycles. The third kappa shape index (κ3) is 4.15. The fourth-order valence-corrected chi connectivity index (χ4v) is 2.60. The van der Waals surface area contributed by atoms with Gasteiger partial charge in [0.15, 0.2) is 0 Å². The van der Waals surface area contributed by atoms with Crippen LogP contribution in [0, 0.1) is 5.82 Å². The number of hydrogen-bond donors (Lipinski definition) is 2. The van der Waals surface area contributed by atoms with Crippen molar-refractivity contribution in [2.45, 2.75) is 19.4 Å². The zero-order valence-corrected chi connectivity index (χ0v) is 12.1. The summed E-state index contributed by atoms with van der Waals surface area (Å²) in [6.45, 7) is 5.04. The first-order valence-corrected chi connectivity index (χ1v) is 7.22. The Bertz CT molecular complexity index is 468. The van der Waals surface area contributed by atoms with Crippen molar-refractivity contribution >= 4 is 5.97 Å². The van der Waals surface area contributed by atoms with Crippen molar-refractivity contribution in [3.8, 4) is 5.75 Å². The average molecular weight is 296 g/mol. The molecule has 1 aliphatic rings. The molecule has 0 saturated carbocycles. The first kappa shape index (κ1) is 15.7. The average Bonchev–Trinajstić information content (AvgIpc) is 2.67. The van der Waals surface area contributed by atoms with Crippen molar-refractivity contribution in [3.63, 3.8) is 0 Å². The second-order valence-electron chi connectivity index (χ2n) is 5.04. The van der Waals surface area contributed by atoms with E-state index in [0.717, 1.165) is 25.6 Å². The summed E-state index contributed by atoms with van der Waals surface area (Å²) in [5, 5.41) is 12.8. The van der Waals surface area contributed by atoms with E-state index >= 15 is 0 Å². The molecule has 0 bridgehead atoms. The van der Waals surface area contributed by atoms with Crippen molar-refractivity contribution in [1.82, 2.24) is 10.2 Å². The Morgan fingerprint density at radius 3 is 2.95 bits per heavy atom. The maximum atomic E-state index is 13.5. The topological polar surface area (TPSA) is 61.8 Å². The largest absolute Gasteiger partial charge is 0.508 e. The Hall–Kier alpha value is -1.66. The number of phenols is 1. The van der Waals surface area contributed by atoms with Crippen LogP contribution in [-0.4, -0.2) is 48.8 Å². The van der Waals surface area contributed by atoms with Crippen molar-refractivity contribution in [3.05, 3.63) is 29.6 Å². The number of hydrogen-bond acceptors (Lipinski definition) is 5. The van der Waals surface area contributed by atoms with Crippen LogP contribution in [0.4, 0.5) is 4.39 Å². The molecule has 6 heteroatoms. The van der Waals surface area contributed by atoms with Gasteiger partial charge in [-0.3, -0.25) is 4.90 Å². The van der Waals surface area contributed by atoms with Crippen molar-refractivity contribution in [2.75, 3.05) is 32.8 Å². The molecule has 0 radical (unpaired) electrons. The number of ether oxygens (including phenoxy) is 1. The zero-order valence-electron chi connectivity index (χ0n) is 12.1. The van der Waals surface area contributed by atoms with Gasteiger partial charge >= 0.3 is 5.97 Å². The van der Waals surface area contributed by atoms with Gasteiger partial charge in [-0.15, -0.1) is 0 Å². The van der Waals surface area contributed by atoms with Gasteiger partial charge in [-0.1, -0.05) is 0 Å². The van der Waals surface area contributed by atoms with E-state index < -0.39 is 17.8 Å². The van der Waals surface area contributed by atoms with Gasteiger partial charge in [-0.05, 0) is 37.6 Å². The van der Waals surface area contributed by atoms with E-state index in [-0.39, 0.29) is 12.4 Å². The van der Waals surface area contributed by atoms with Gasteiger partial charge in [0.25, 0.3) is 0 Å². The summed E-state index contributed by atoms with van der Waals surface area (Å²) < 4.78 is 18.7. The van der Waals surface area contributed by atoms with Crippen LogP contribution < -0.4 is 5.32 Å². The van der Waals surface area contributed by atoms with E-state index in [1.165, 1.54) is 12.1 Å². The highest BCUT2D eigenvalue weighted by Gasteiger charge is 2.30. The molecule has 0 aliphatic carbocycles. The fourth-order valence-electron chi connectivity index (χ4n) is 2.60. The van der Waals surface area contributed by atoms with Crippen LogP contribution in [-0.2, 0) is 9.53 Å². The van der Waals surface area contributed by atoms with Crippen molar-refractivity contribution < 1.29 is 19.0 Å². The van der Waals surface area contributed by atoms with E-state index in [2.05, 4.69) is 5.32 Å². The molecule has 0 spiro atoms. The van der Waals surface area contributed by atoms with E-state index in [1.54, 1.807) is 6.92 Å². The van der Waals surface area contributed by atoms with Crippen LogP contribution in [0.1, 0.15) is 24.9 Å². The molecule has 2 rings (SSSR count). The van der Waals surface area contributed by atoms with Gasteiger partial charge in [0.05, 0.1) is 6.61 Å². The molecule has 1 aromatic rings. The summed E-state index contributed by atoms with van der Waals surface area (Å²) in [6, 6.07) is 3.03. The third-order valence-corrected chi connectivity index (χ3v) is 3.47. The number of rotatable bonds is 4. The molecule has 1 atom stereocenters. The van der Waals surface area contributed by atoms with Crippen molar-refractivity contribution in [1.29, 1.82) is 0 Å². The predicted octanol–water partition coefficient (Wildman–Crippen LogP) is 1.43. The maximum Gasteiger partial charge on any atom is 0.328 e. The summed E-state index contributed by atoms with van der Waals surface area (Å²) in [5.74, 6) is -1.16. The molecular formula is C15H21FN2O3. The number of halogens is 1. The highest BCUT2D eigenvalue weighted by Crippen LogP contribution is 2.27. The molecule has 2 N–H and O–H groups in total. The van der Waals surface area contributed by atoms with Gasteiger partial charge in [0.2, 0.25) is 0 Å². The Morgan fingerprint density at radius 2 is 2.24 bits per heavy atom. The Morgan fingerprint density at radius 1 is 1.43 bits per heavy atom. The van der Waals surface area contributed by atoms with E-state index in [9.17, 15) is 14.3 Å². The smallest absolute Gasteiger partial charge is 0.328 e. The molecule has 1 fully saturated rings. The van der Waals surface area contributed by atoms with Crippen LogP contribution in [0.3, 0.4) is 0 Å². The summed E-state index contributed by atoms with van der Waals surface area (Å²) in [5.41, 5.74) is 0.424. The molecule has 1 aliphatic heterocycles. The Balaban J connectivity index is 2.31. The van der Waals surface area contributed by atoms with E-state index in [0.29, 0.717) is 18.7 Å². The quantitative estimate of drug-likeness (QED) is 0.823.